The molecule has 0 atom stereocenters. The van der Waals surface area contributed by atoms with Crippen molar-refractivity contribution in [1.29, 1.82) is 0 Å². The van der Waals surface area contributed by atoms with Gasteiger partial charge >= 0.3 is 0 Å². The Bertz CT molecular complexity index is 3580. The Morgan fingerprint density at radius 2 is 0.661 bits per heavy atom. The van der Waals surface area contributed by atoms with E-state index in [2.05, 4.69) is 209 Å². The highest BCUT2D eigenvalue weighted by molar-refractivity contribution is 6.27. The number of hydrogen-bond donors (Lipinski definition) is 0. The van der Waals surface area contributed by atoms with Crippen molar-refractivity contribution in [2.45, 2.75) is 0 Å². The van der Waals surface area contributed by atoms with Crippen LogP contribution in [0.3, 0.4) is 0 Å². The number of para-hydroxylation sites is 1. The fourth-order valence-electron chi connectivity index (χ4n) is 9.22. The van der Waals surface area contributed by atoms with E-state index >= 15 is 0 Å². The van der Waals surface area contributed by atoms with Gasteiger partial charge in [0, 0.05) is 38.4 Å². The molecule has 0 radical (unpaired) electrons. The molecule has 0 N–H and O–H groups in total. The molecule has 12 aromatic rings. The van der Waals surface area contributed by atoms with Crippen LogP contribution in [0.2, 0.25) is 0 Å². The monoisotopic (exact) mass is 791 g/mol. The van der Waals surface area contributed by atoms with Crippen molar-refractivity contribution in [3.05, 3.63) is 224 Å². The van der Waals surface area contributed by atoms with Gasteiger partial charge in [-0.15, -0.1) is 0 Å². The molecule has 3 heterocycles. The zero-order valence-corrected chi connectivity index (χ0v) is 33.6. The highest BCUT2D eigenvalue weighted by Crippen LogP contribution is 2.46. The van der Waals surface area contributed by atoms with E-state index in [9.17, 15) is 0 Å². The van der Waals surface area contributed by atoms with Crippen LogP contribution in [0.4, 0.5) is 0 Å². The third-order valence-corrected chi connectivity index (χ3v) is 12.0. The smallest absolute Gasteiger partial charge is 0.238 e. The quantitative estimate of drug-likeness (QED) is 0.162. The summed E-state index contributed by atoms with van der Waals surface area (Å²) >= 11 is 0. The summed E-state index contributed by atoms with van der Waals surface area (Å²) in [5.74, 6) is 1.76. The molecular weight excluding hydrogens is 755 g/mol. The van der Waals surface area contributed by atoms with Gasteiger partial charge in [-0.1, -0.05) is 200 Å². The van der Waals surface area contributed by atoms with Gasteiger partial charge in [0.25, 0.3) is 0 Å². The molecule has 0 saturated carbocycles. The molecule has 9 aromatic carbocycles. The van der Waals surface area contributed by atoms with E-state index in [-0.39, 0.29) is 0 Å². The predicted molar refractivity (Wildman–Crippen MR) is 256 cm³/mol. The van der Waals surface area contributed by atoms with Crippen molar-refractivity contribution in [2.75, 3.05) is 0 Å². The van der Waals surface area contributed by atoms with Crippen molar-refractivity contribution < 1.29 is 0 Å². The van der Waals surface area contributed by atoms with Crippen molar-refractivity contribution in [2.24, 2.45) is 0 Å². The summed E-state index contributed by atoms with van der Waals surface area (Å²) in [6.45, 7) is 0. The van der Waals surface area contributed by atoms with Gasteiger partial charge in [0.2, 0.25) is 5.95 Å². The van der Waals surface area contributed by atoms with Crippen LogP contribution in [0.25, 0.3) is 111 Å². The predicted octanol–water partition coefficient (Wildman–Crippen LogP) is 14.4. The second kappa shape index (κ2) is 14.7. The van der Waals surface area contributed by atoms with Crippen molar-refractivity contribution in [3.8, 4) is 67.8 Å². The first kappa shape index (κ1) is 35.5. The van der Waals surface area contributed by atoms with E-state index in [1.54, 1.807) is 0 Å². The van der Waals surface area contributed by atoms with Gasteiger partial charge in [-0.2, -0.15) is 9.97 Å². The maximum Gasteiger partial charge on any atom is 0.238 e. The lowest BCUT2D eigenvalue weighted by Crippen LogP contribution is -2.07. The molecule has 0 amide bonds. The highest BCUT2D eigenvalue weighted by Gasteiger charge is 2.26. The normalized spacial score (nSPS) is 11.5. The topological polar surface area (TPSA) is 48.5 Å². The summed E-state index contributed by atoms with van der Waals surface area (Å²) in [7, 11) is 0. The van der Waals surface area contributed by atoms with Gasteiger partial charge in [-0.3, -0.25) is 4.57 Å². The number of nitrogens with zero attached hydrogens (tertiary/aromatic N) is 5. The number of rotatable bonds is 7. The first-order chi connectivity index (χ1) is 30.8. The lowest BCUT2D eigenvalue weighted by molar-refractivity contribution is 0.953. The minimum absolute atomic E-state index is 0.548. The Morgan fingerprint density at radius 1 is 0.274 bits per heavy atom. The Balaban J connectivity index is 1.24. The van der Waals surface area contributed by atoms with E-state index in [4.69, 9.17) is 15.0 Å². The van der Waals surface area contributed by atoms with E-state index in [1.165, 1.54) is 16.5 Å². The standard InChI is InChI=1S/C57H37N5/c1-6-18-38(19-7-1)39-32-34-43(35-33-39)56-58-55(42-24-12-4-13-25-42)59-57(60-56)62-50-31-17-29-46(41-22-10-3-11-23-41)52(50)48-37-36-47-51-45(40-20-8-2-9-21-40)28-16-30-49(51)61(53(47)54(48)62)44-26-14-5-15-27-44/h1-37H. The molecule has 5 nitrogen and oxygen atoms in total. The molecule has 0 saturated heterocycles. The number of benzene rings is 9. The molecule has 0 bridgehead atoms. The molecule has 62 heavy (non-hydrogen) atoms. The summed E-state index contributed by atoms with van der Waals surface area (Å²) < 4.78 is 4.72. The molecular formula is C57H37N5. The van der Waals surface area contributed by atoms with Crippen molar-refractivity contribution in [1.82, 2.24) is 24.1 Å². The summed E-state index contributed by atoms with van der Waals surface area (Å²) in [5.41, 5.74) is 14.1. The zero-order valence-electron chi connectivity index (χ0n) is 33.6. The molecule has 0 spiro atoms. The van der Waals surface area contributed by atoms with Crippen LogP contribution < -0.4 is 0 Å². The summed E-state index contributed by atoms with van der Waals surface area (Å²) in [4.78, 5) is 16.0. The third kappa shape index (κ3) is 5.82. The lowest BCUT2D eigenvalue weighted by atomic mass is 9.97. The lowest BCUT2D eigenvalue weighted by Gasteiger charge is -2.13. The van der Waals surface area contributed by atoms with E-state index in [0.29, 0.717) is 17.6 Å². The first-order valence-corrected chi connectivity index (χ1v) is 21.0. The maximum atomic E-state index is 5.44. The van der Waals surface area contributed by atoms with Crippen LogP contribution in [-0.4, -0.2) is 24.1 Å². The Labute approximate surface area is 358 Å². The molecule has 0 aliphatic heterocycles. The molecule has 12 rings (SSSR count). The molecule has 0 fully saturated rings. The van der Waals surface area contributed by atoms with Gasteiger partial charge in [0.15, 0.2) is 11.6 Å². The molecule has 290 valence electrons. The second-order valence-corrected chi connectivity index (χ2v) is 15.6. The van der Waals surface area contributed by atoms with Crippen LogP contribution in [-0.2, 0) is 0 Å². The zero-order chi connectivity index (χ0) is 41.0. The molecule has 0 unspecified atom stereocenters. The molecule has 0 aliphatic carbocycles. The van der Waals surface area contributed by atoms with Crippen LogP contribution >= 0.6 is 0 Å². The third-order valence-electron chi connectivity index (χ3n) is 12.0. The summed E-state index contributed by atoms with van der Waals surface area (Å²) in [6.07, 6.45) is 0. The van der Waals surface area contributed by atoms with Gasteiger partial charge in [-0.25, -0.2) is 4.98 Å². The van der Waals surface area contributed by atoms with Gasteiger partial charge in [-0.05, 0) is 57.6 Å². The second-order valence-electron chi connectivity index (χ2n) is 15.6. The fraction of sp³-hybridized carbons (Fsp3) is 0. The van der Waals surface area contributed by atoms with Gasteiger partial charge in [0.05, 0.1) is 22.1 Å². The summed E-state index contributed by atoms with van der Waals surface area (Å²) in [6, 6.07) is 79.2. The van der Waals surface area contributed by atoms with Crippen LogP contribution in [0.1, 0.15) is 0 Å². The minimum atomic E-state index is 0.548. The average molecular weight is 792 g/mol. The number of fused-ring (bicyclic) bond motifs is 7. The van der Waals surface area contributed by atoms with Gasteiger partial charge < -0.3 is 4.57 Å². The van der Waals surface area contributed by atoms with Crippen LogP contribution in [0.15, 0.2) is 224 Å². The average Bonchev–Trinajstić information content (AvgIpc) is 3.89. The Kier molecular flexibility index (Phi) is 8.42. The fourth-order valence-corrected chi connectivity index (χ4v) is 9.22. The SMILES string of the molecule is c1ccc(-c2ccc(-c3nc(-c4ccccc4)nc(-n4c5cccc(-c6ccccc6)c5c5ccc6c7c(-c8ccccc8)cccc7n(-c7ccccc7)c6c54)n3)cc2)cc1. The minimum Gasteiger partial charge on any atom is -0.307 e. The molecule has 3 aromatic heterocycles. The largest absolute Gasteiger partial charge is 0.307 e. The molecule has 0 aliphatic rings. The van der Waals surface area contributed by atoms with Gasteiger partial charge in [0.1, 0.15) is 0 Å². The first-order valence-electron chi connectivity index (χ1n) is 21.0. The maximum absolute atomic E-state index is 5.44. The van der Waals surface area contributed by atoms with Crippen molar-refractivity contribution >= 4 is 43.6 Å². The van der Waals surface area contributed by atoms with E-state index in [1.807, 2.05) is 24.3 Å². The number of hydrogen-bond acceptors (Lipinski definition) is 3. The Morgan fingerprint density at radius 3 is 1.18 bits per heavy atom. The Hall–Kier alpha value is -8.41. The van der Waals surface area contributed by atoms with E-state index in [0.717, 1.165) is 77.3 Å². The highest BCUT2D eigenvalue weighted by atomic mass is 15.2. The van der Waals surface area contributed by atoms with E-state index < -0.39 is 0 Å². The number of aromatic nitrogens is 5. The van der Waals surface area contributed by atoms with Crippen molar-refractivity contribution in [3.63, 3.8) is 0 Å². The summed E-state index contributed by atoms with van der Waals surface area (Å²) in [5, 5.41) is 4.59. The molecule has 5 heteroatoms. The van der Waals surface area contributed by atoms with Crippen LogP contribution in [0.5, 0.6) is 0 Å². The van der Waals surface area contributed by atoms with Crippen LogP contribution in [0, 0.1) is 0 Å².